The number of hydrogen-bond donors (Lipinski definition) is 2. The van der Waals surface area contributed by atoms with Gasteiger partial charge in [-0.15, -0.1) is 0 Å². The van der Waals surface area contributed by atoms with Gasteiger partial charge in [-0.05, 0) is 13.0 Å². The van der Waals surface area contributed by atoms with E-state index in [1.165, 1.54) is 0 Å². The lowest BCUT2D eigenvalue weighted by Crippen LogP contribution is -2.35. The molecule has 1 aromatic heterocycles. The molecule has 1 aliphatic heterocycles. The van der Waals surface area contributed by atoms with Crippen LogP contribution in [0.25, 0.3) is 0 Å². The van der Waals surface area contributed by atoms with Gasteiger partial charge in [0.15, 0.2) is 13.1 Å². The monoisotopic (exact) mass is 379 g/mol. The van der Waals surface area contributed by atoms with E-state index in [0.29, 0.717) is 42.7 Å². The minimum absolute atomic E-state index is 0.403. The van der Waals surface area contributed by atoms with Gasteiger partial charge in [0.2, 0.25) is 15.7 Å². The third kappa shape index (κ3) is 4.20. The Morgan fingerprint density at radius 2 is 2.12 bits per heavy atom. The maximum Gasteiger partial charge on any atom is 0.229 e. The average molecular weight is 379 g/mol. The van der Waals surface area contributed by atoms with Gasteiger partial charge in [0, 0.05) is 18.7 Å². The van der Waals surface area contributed by atoms with Gasteiger partial charge in [-0.25, -0.2) is 22.7 Å². The Morgan fingerprint density at radius 3 is 2.73 bits per heavy atom. The molecular weight excluding hydrogens is 356 g/mol. The highest BCUT2D eigenvalue weighted by atomic mass is 32.2. The summed E-state index contributed by atoms with van der Waals surface area (Å²) >= 11 is 0. The summed E-state index contributed by atoms with van der Waals surface area (Å²) in [5.41, 5.74) is 8.33. The zero-order chi connectivity index (χ0) is 18.7. The van der Waals surface area contributed by atoms with Gasteiger partial charge in [-0.3, -0.25) is 4.72 Å². The van der Waals surface area contributed by atoms with E-state index >= 15 is 0 Å². The number of aryl methyl sites for hydroxylation is 1. The lowest BCUT2D eigenvalue weighted by Gasteiger charge is -2.16. The van der Waals surface area contributed by atoms with E-state index in [0.717, 1.165) is 25.1 Å². The standard InChI is InChI=1S/C16H22N6O3S/c1-3-22-16(17)15(11-18-22)19-13-5-4-12(21-6-8-25-9-7-21)10-14(13)20-26(2,23)24/h4-5,10-11H,3,6-9H2,1-2H3,(H2,17,18,20)/p+1. The van der Waals surface area contributed by atoms with Gasteiger partial charge in [0.25, 0.3) is 0 Å². The number of anilines is 1. The molecule has 0 unspecified atom stereocenters. The van der Waals surface area contributed by atoms with E-state index in [1.807, 2.05) is 13.0 Å². The molecule has 0 aromatic carbocycles. The second-order valence-electron chi connectivity index (χ2n) is 6.02. The van der Waals surface area contributed by atoms with Crippen molar-refractivity contribution < 1.29 is 17.7 Å². The first-order valence-corrected chi connectivity index (χ1v) is 10.2. The molecule has 0 amide bonds. The minimum Gasteiger partial charge on any atom is -0.382 e. The summed E-state index contributed by atoms with van der Waals surface area (Å²) in [6.07, 6.45) is 8.16. The van der Waals surface area contributed by atoms with Crippen molar-refractivity contribution in [2.75, 3.05) is 38.3 Å². The molecule has 26 heavy (non-hydrogen) atoms. The van der Waals surface area contributed by atoms with E-state index in [1.54, 1.807) is 23.0 Å². The SMILES string of the molecule is CCn1ncc(/N=C2/C=CC(=[N+]3CCOCC3)C=C2NS(C)(=O)=O)c1N. The van der Waals surface area contributed by atoms with E-state index in [2.05, 4.69) is 19.4 Å². The van der Waals surface area contributed by atoms with Crippen LogP contribution >= 0.6 is 0 Å². The highest BCUT2D eigenvalue weighted by Gasteiger charge is 2.22. The highest BCUT2D eigenvalue weighted by molar-refractivity contribution is 7.88. The van der Waals surface area contributed by atoms with Gasteiger partial charge < -0.3 is 10.5 Å². The Balaban J connectivity index is 2.00. The van der Waals surface area contributed by atoms with Crippen molar-refractivity contribution in [2.24, 2.45) is 4.99 Å². The summed E-state index contributed by atoms with van der Waals surface area (Å²) in [5.74, 6) is 0.440. The predicted molar refractivity (Wildman–Crippen MR) is 100 cm³/mol. The van der Waals surface area contributed by atoms with Gasteiger partial charge >= 0.3 is 0 Å². The molecule has 0 atom stereocenters. The summed E-state index contributed by atoms with van der Waals surface area (Å²) in [6, 6.07) is 0. The molecule has 0 spiro atoms. The number of nitrogens with two attached hydrogens (primary N) is 1. The number of nitrogens with zero attached hydrogens (tertiary/aromatic N) is 4. The maximum atomic E-state index is 11.8. The van der Waals surface area contributed by atoms with E-state index < -0.39 is 10.0 Å². The van der Waals surface area contributed by atoms with E-state index in [-0.39, 0.29) is 0 Å². The van der Waals surface area contributed by atoms with Crippen LogP contribution in [0.15, 0.2) is 35.1 Å². The number of sulfonamides is 1. The number of allylic oxidation sites excluding steroid dienone is 3. The van der Waals surface area contributed by atoms with E-state index in [9.17, 15) is 8.42 Å². The fraction of sp³-hybridized carbons (Fsp3) is 0.438. The molecule has 1 fully saturated rings. The quantitative estimate of drug-likeness (QED) is 0.566. The molecule has 1 aliphatic carbocycles. The number of nitrogen functional groups attached to an aromatic ring is 1. The number of rotatable bonds is 4. The lowest BCUT2D eigenvalue weighted by atomic mass is 10.1. The molecule has 1 saturated heterocycles. The van der Waals surface area contributed by atoms with Crippen LogP contribution < -0.4 is 10.5 Å². The van der Waals surface area contributed by atoms with Crippen LogP contribution in [0.1, 0.15) is 6.92 Å². The molecular formula is C16H23N6O3S+. The number of morpholine rings is 1. The van der Waals surface area contributed by atoms with Gasteiger partial charge in [0.05, 0.1) is 23.9 Å². The average Bonchev–Trinajstić information content (AvgIpc) is 2.96. The Morgan fingerprint density at radius 1 is 1.38 bits per heavy atom. The molecule has 2 heterocycles. The predicted octanol–water partition coefficient (Wildman–Crippen LogP) is 0.0443. The third-order valence-electron chi connectivity index (χ3n) is 4.05. The molecule has 3 rings (SSSR count). The van der Waals surface area contributed by atoms with Crippen molar-refractivity contribution >= 4 is 33.0 Å². The van der Waals surface area contributed by atoms with Crippen molar-refractivity contribution in [3.63, 3.8) is 0 Å². The van der Waals surface area contributed by atoms with Crippen molar-refractivity contribution in [1.82, 2.24) is 14.5 Å². The molecule has 2 aliphatic rings. The fourth-order valence-electron chi connectivity index (χ4n) is 2.77. The normalized spacial score (nSPS) is 19.8. The van der Waals surface area contributed by atoms with Crippen LogP contribution in [0.4, 0.5) is 11.5 Å². The lowest BCUT2D eigenvalue weighted by molar-refractivity contribution is -0.547. The van der Waals surface area contributed by atoms with Crippen molar-refractivity contribution in [3.05, 3.63) is 30.1 Å². The van der Waals surface area contributed by atoms with Crippen molar-refractivity contribution in [1.29, 1.82) is 0 Å². The molecule has 3 N–H and O–H groups in total. The number of ether oxygens (including phenoxy) is 1. The van der Waals surface area contributed by atoms with Gasteiger partial charge in [0.1, 0.15) is 24.7 Å². The smallest absolute Gasteiger partial charge is 0.229 e. The van der Waals surface area contributed by atoms with Crippen LogP contribution in [-0.4, -0.2) is 66.8 Å². The molecule has 9 nitrogen and oxygen atoms in total. The van der Waals surface area contributed by atoms with Gasteiger partial charge in [-0.1, -0.05) is 0 Å². The molecule has 0 radical (unpaired) electrons. The number of hydrogen-bond acceptors (Lipinski definition) is 6. The first-order chi connectivity index (χ1) is 12.4. The second-order valence-corrected chi connectivity index (χ2v) is 7.77. The zero-order valence-corrected chi connectivity index (χ0v) is 15.7. The van der Waals surface area contributed by atoms with Crippen LogP contribution in [-0.2, 0) is 21.3 Å². The van der Waals surface area contributed by atoms with E-state index in [4.69, 9.17) is 10.5 Å². The van der Waals surface area contributed by atoms with Crippen LogP contribution in [0.2, 0.25) is 0 Å². The minimum atomic E-state index is -3.45. The summed E-state index contributed by atoms with van der Waals surface area (Å²) in [6.45, 7) is 5.37. The van der Waals surface area contributed by atoms with Crippen LogP contribution in [0, 0.1) is 0 Å². The van der Waals surface area contributed by atoms with Gasteiger partial charge in [-0.2, -0.15) is 5.10 Å². The number of aliphatic imine (C=N–C) groups is 1. The maximum absolute atomic E-state index is 11.8. The van der Waals surface area contributed by atoms with Crippen molar-refractivity contribution in [3.8, 4) is 0 Å². The van der Waals surface area contributed by atoms with Crippen LogP contribution in [0.5, 0.6) is 0 Å². The Labute approximate surface area is 152 Å². The first-order valence-electron chi connectivity index (χ1n) is 8.35. The molecule has 140 valence electrons. The molecule has 0 saturated carbocycles. The summed E-state index contributed by atoms with van der Waals surface area (Å²) in [4.78, 5) is 4.50. The summed E-state index contributed by atoms with van der Waals surface area (Å²) in [7, 11) is -3.45. The topological polar surface area (TPSA) is 115 Å². The third-order valence-corrected chi connectivity index (χ3v) is 4.64. The fourth-order valence-corrected chi connectivity index (χ4v) is 3.34. The number of nitrogens with one attached hydrogen (secondary N) is 1. The Hall–Kier alpha value is -2.46. The Bertz CT molecular complexity index is 916. The molecule has 1 aromatic rings. The summed E-state index contributed by atoms with van der Waals surface area (Å²) < 4.78 is 35.2. The second kappa shape index (κ2) is 7.42. The highest BCUT2D eigenvalue weighted by Crippen LogP contribution is 2.23. The molecule has 10 heteroatoms. The first kappa shape index (κ1) is 18.3. The molecule has 0 bridgehead atoms. The van der Waals surface area contributed by atoms with Crippen molar-refractivity contribution in [2.45, 2.75) is 13.5 Å². The zero-order valence-electron chi connectivity index (χ0n) is 14.8. The summed E-state index contributed by atoms with van der Waals surface area (Å²) in [5, 5.41) is 4.16. The van der Waals surface area contributed by atoms with Crippen LogP contribution in [0.3, 0.4) is 0 Å². The largest absolute Gasteiger partial charge is 0.382 e. The Kier molecular flexibility index (Phi) is 5.23. The number of aromatic nitrogens is 2.